The average molecular weight is 353 g/mol. The first-order chi connectivity index (χ1) is 12.4. The molecular weight excluding hydrogens is 341 g/mol. The van der Waals surface area contributed by atoms with Crippen molar-refractivity contribution in [1.29, 1.82) is 0 Å². The Morgan fingerprint density at radius 1 is 1.08 bits per heavy atom. The van der Waals surface area contributed by atoms with Gasteiger partial charge in [0.05, 0.1) is 0 Å². The van der Waals surface area contributed by atoms with Gasteiger partial charge in [0.1, 0.15) is 22.7 Å². The van der Waals surface area contributed by atoms with E-state index in [9.17, 15) is 18.8 Å². The molecule has 2 N–H and O–H groups in total. The summed E-state index contributed by atoms with van der Waals surface area (Å²) in [6.45, 7) is 0. The smallest absolute Gasteiger partial charge is 0.349 e. The summed E-state index contributed by atoms with van der Waals surface area (Å²) in [6.07, 6.45) is 2.66. The maximum Gasteiger partial charge on any atom is 0.349 e. The number of esters is 1. The Balaban J connectivity index is 1.79. The van der Waals surface area contributed by atoms with Gasteiger partial charge in [-0.25, -0.2) is 14.0 Å². The van der Waals surface area contributed by atoms with E-state index in [-0.39, 0.29) is 22.7 Å². The molecule has 6 nitrogen and oxygen atoms in total. The van der Waals surface area contributed by atoms with Gasteiger partial charge in [-0.1, -0.05) is 12.1 Å². The Bertz CT molecular complexity index is 1080. The fourth-order valence-electron chi connectivity index (χ4n) is 2.22. The van der Waals surface area contributed by atoms with Crippen LogP contribution < -0.4 is 16.1 Å². The van der Waals surface area contributed by atoms with Crippen molar-refractivity contribution in [3.8, 4) is 5.75 Å². The van der Waals surface area contributed by atoms with Crippen LogP contribution in [0.2, 0.25) is 0 Å². The minimum atomic E-state index is -0.887. The number of amides is 1. The van der Waals surface area contributed by atoms with Crippen molar-refractivity contribution in [2.75, 3.05) is 0 Å². The van der Waals surface area contributed by atoms with Crippen LogP contribution >= 0.6 is 0 Å². The van der Waals surface area contributed by atoms with E-state index in [4.69, 9.17) is 14.9 Å². The number of rotatable bonds is 4. The summed E-state index contributed by atoms with van der Waals surface area (Å²) in [7, 11) is 0. The number of ether oxygens (including phenoxy) is 1. The van der Waals surface area contributed by atoms with Crippen molar-refractivity contribution in [2.24, 2.45) is 5.73 Å². The Morgan fingerprint density at radius 3 is 2.50 bits per heavy atom. The SMILES string of the molecule is NC(=O)c1cc2ccc(OC(=O)/C=C/c3ccc(F)cc3)cc2oc1=O. The lowest BCUT2D eigenvalue weighted by Gasteiger charge is -2.03. The van der Waals surface area contributed by atoms with Crippen molar-refractivity contribution in [3.05, 3.63) is 82.0 Å². The normalized spacial score (nSPS) is 11.0. The maximum atomic E-state index is 12.8. The van der Waals surface area contributed by atoms with Crippen LogP contribution in [0.25, 0.3) is 17.0 Å². The predicted molar refractivity (Wildman–Crippen MR) is 92.1 cm³/mol. The first-order valence-electron chi connectivity index (χ1n) is 7.45. The number of benzene rings is 2. The molecule has 1 heterocycles. The number of carbonyl (C=O) groups is 2. The lowest BCUT2D eigenvalue weighted by Crippen LogP contribution is -2.20. The van der Waals surface area contributed by atoms with Gasteiger partial charge < -0.3 is 14.9 Å². The average Bonchev–Trinajstić information content (AvgIpc) is 2.60. The largest absolute Gasteiger partial charge is 0.423 e. The third-order valence-corrected chi connectivity index (χ3v) is 3.47. The highest BCUT2D eigenvalue weighted by Gasteiger charge is 2.11. The monoisotopic (exact) mass is 353 g/mol. The Hall–Kier alpha value is -3.74. The van der Waals surface area contributed by atoms with E-state index in [2.05, 4.69) is 0 Å². The van der Waals surface area contributed by atoms with Crippen LogP contribution in [0.1, 0.15) is 15.9 Å². The Kier molecular flexibility index (Phi) is 4.62. The molecule has 2 aromatic carbocycles. The number of halogens is 1. The number of nitrogens with two attached hydrogens (primary N) is 1. The molecule has 0 radical (unpaired) electrons. The molecule has 0 aliphatic rings. The molecule has 0 saturated heterocycles. The van der Waals surface area contributed by atoms with Gasteiger partial charge >= 0.3 is 11.6 Å². The van der Waals surface area contributed by atoms with Crippen LogP contribution in [0.4, 0.5) is 4.39 Å². The summed E-state index contributed by atoms with van der Waals surface area (Å²) in [5.74, 6) is -1.77. The highest BCUT2D eigenvalue weighted by molar-refractivity contribution is 5.95. The van der Waals surface area contributed by atoms with Crippen LogP contribution in [0.15, 0.2) is 63.8 Å². The van der Waals surface area contributed by atoms with Crippen molar-refractivity contribution in [3.63, 3.8) is 0 Å². The highest BCUT2D eigenvalue weighted by atomic mass is 19.1. The topological polar surface area (TPSA) is 99.6 Å². The quantitative estimate of drug-likeness (QED) is 0.336. The van der Waals surface area contributed by atoms with Gasteiger partial charge in [-0.2, -0.15) is 0 Å². The third kappa shape index (κ3) is 3.84. The fraction of sp³-hybridized carbons (Fsp3) is 0. The molecule has 0 saturated carbocycles. The predicted octanol–water partition coefficient (Wildman–Crippen LogP) is 2.65. The van der Waals surface area contributed by atoms with Gasteiger partial charge in [0.2, 0.25) is 0 Å². The van der Waals surface area contributed by atoms with Crippen molar-refractivity contribution in [1.82, 2.24) is 0 Å². The number of hydrogen-bond donors (Lipinski definition) is 1. The van der Waals surface area contributed by atoms with Gasteiger partial charge in [-0.3, -0.25) is 4.79 Å². The molecule has 0 aliphatic heterocycles. The van der Waals surface area contributed by atoms with Crippen LogP contribution in [0.5, 0.6) is 5.75 Å². The molecule has 3 aromatic rings. The van der Waals surface area contributed by atoms with E-state index in [0.29, 0.717) is 10.9 Å². The lowest BCUT2D eigenvalue weighted by molar-refractivity contribution is -0.128. The first kappa shape index (κ1) is 17.1. The summed E-state index contributed by atoms with van der Waals surface area (Å²) < 4.78 is 23.0. The van der Waals surface area contributed by atoms with Gasteiger partial charge in [-0.05, 0) is 42.0 Å². The maximum absolute atomic E-state index is 12.8. The van der Waals surface area contributed by atoms with E-state index in [1.54, 1.807) is 0 Å². The minimum Gasteiger partial charge on any atom is -0.423 e. The highest BCUT2D eigenvalue weighted by Crippen LogP contribution is 2.21. The van der Waals surface area contributed by atoms with E-state index in [0.717, 1.165) is 0 Å². The zero-order valence-corrected chi connectivity index (χ0v) is 13.3. The van der Waals surface area contributed by atoms with Gasteiger partial charge in [0.25, 0.3) is 5.91 Å². The summed E-state index contributed by atoms with van der Waals surface area (Å²) in [4.78, 5) is 34.7. The summed E-state index contributed by atoms with van der Waals surface area (Å²) in [5.41, 5.74) is 4.74. The molecule has 7 heteroatoms. The Morgan fingerprint density at radius 2 is 1.81 bits per heavy atom. The molecule has 1 aromatic heterocycles. The van der Waals surface area contributed by atoms with Crippen molar-refractivity contribution in [2.45, 2.75) is 0 Å². The van der Waals surface area contributed by atoms with E-state index >= 15 is 0 Å². The molecule has 0 bridgehead atoms. The van der Waals surface area contributed by atoms with E-state index < -0.39 is 17.5 Å². The Labute approximate surface area is 146 Å². The second kappa shape index (κ2) is 7.02. The molecule has 0 aliphatic carbocycles. The molecule has 0 atom stereocenters. The standard InChI is InChI=1S/C19H12FNO5/c20-13-5-1-11(2-6-13)3-8-17(22)25-14-7-4-12-9-15(18(21)23)19(24)26-16(12)10-14/h1-10H,(H2,21,23)/b8-3+. The molecule has 0 spiro atoms. The first-order valence-corrected chi connectivity index (χ1v) is 7.45. The van der Waals surface area contributed by atoms with Crippen LogP contribution in [-0.2, 0) is 4.79 Å². The number of carbonyl (C=O) groups excluding carboxylic acids is 2. The van der Waals surface area contributed by atoms with Crippen LogP contribution in [-0.4, -0.2) is 11.9 Å². The van der Waals surface area contributed by atoms with Crippen LogP contribution in [0, 0.1) is 5.82 Å². The zero-order chi connectivity index (χ0) is 18.7. The van der Waals surface area contributed by atoms with Crippen molar-refractivity contribution >= 4 is 28.9 Å². The lowest BCUT2D eigenvalue weighted by atomic mass is 10.2. The summed E-state index contributed by atoms with van der Waals surface area (Å²) in [5, 5.41) is 0.458. The minimum absolute atomic E-state index is 0.146. The number of primary amides is 1. The van der Waals surface area contributed by atoms with E-state index in [1.807, 2.05) is 0 Å². The molecule has 3 rings (SSSR count). The second-order valence-corrected chi connectivity index (χ2v) is 5.32. The molecule has 1 amide bonds. The van der Waals surface area contributed by atoms with Crippen LogP contribution in [0.3, 0.4) is 0 Å². The second-order valence-electron chi connectivity index (χ2n) is 5.32. The molecule has 130 valence electrons. The zero-order valence-electron chi connectivity index (χ0n) is 13.3. The van der Waals surface area contributed by atoms with Gasteiger partial charge in [0.15, 0.2) is 0 Å². The van der Waals surface area contributed by atoms with Gasteiger partial charge in [0, 0.05) is 17.5 Å². The number of hydrogen-bond acceptors (Lipinski definition) is 5. The number of fused-ring (bicyclic) bond motifs is 1. The molecular formula is C19H12FNO5. The fourth-order valence-corrected chi connectivity index (χ4v) is 2.22. The van der Waals surface area contributed by atoms with Gasteiger partial charge in [-0.15, -0.1) is 0 Å². The molecule has 26 heavy (non-hydrogen) atoms. The summed E-state index contributed by atoms with van der Waals surface area (Å²) in [6, 6.07) is 11.2. The van der Waals surface area contributed by atoms with E-state index in [1.165, 1.54) is 60.7 Å². The summed E-state index contributed by atoms with van der Waals surface area (Å²) >= 11 is 0. The van der Waals surface area contributed by atoms with Crippen molar-refractivity contribution < 1.29 is 23.1 Å². The molecule has 0 fully saturated rings. The molecule has 0 unspecified atom stereocenters. The third-order valence-electron chi connectivity index (χ3n) is 3.47.